The fourth-order valence-electron chi connectivity index (χ4n) is 2.74. The van der Waals surface area contributed by atoms with Crippen molar-refractivity contribution in [3.63, 3.8) is 0 Å². The number of hydrogen-bond acceptors (Lipinski definition) is 4. The topological polar surface area (TPSA) is 62.3 Å². The SMILES string of the molecule is Cc1csc(NC(=O)C2CCN(C(=O)c3ccc(Cl)cc3)CC2)n1. The zero-order valence-electron chi connectivity index (χ0n) is 13.3. The molecule has 7 heteroatoms. The number of carbonyl (C=O) groups excluding carboxylic acids is 2. The lowest BCUT2D eigenvalue weighted by Crippen LogP contribution is -2.41. The van der Waals surface area contributed by atoms with Crippen LogP contribution < -0.4 is 5.32 Å². The van der Waals surface area contributed by atoms with Gasteiger partial charge in [0.15, 0.2) is 5.13 Å². The van der Waals surface area contributed by atoms with E-state index in [2.05, 4.69) is 10.3 Å². The highest BCUT2D eigenvalue weighted by atomic mass is 35.5. The molecule has 0 spiro atoms. The first-order valence-electron chi connectivity index (χ1n) is 7.81. The Labute approximate surface area is 149 Å². The van der Waals surface area contributed by atoms with E-state index >= 15 is 0 Å². The molecule has 126 valence electrons. The molecule has 5 nitrogen and oxygen atoms in total. The number of benzene rings is 1. The van der Waals surface area contributed by atoms with Crippen molar-refractivity contribution < 1.29 is 9.59 Å². The number of aromatic nitrogens is 1. The third-order valence-corrected chi connectivity index (χ3v) is 5.22. The van der Waals surface area contributed by atoms with Crippen LogP contribution in [0, 0.1) is 12.8 Å². The molecule has 1 aliphatic heterocycles. The number of thiazole rings is 1. The Morgan fingerprint density at radius 1 is 1.25 bits per heavy atom. The van der Waals surface area contributed by atoms with Crippen molar-refractivity contribution in [3.05, 3.63) is 45.9 Å². The molecule has 2 aromatic rings. The summed E-state index contributed by atoms with van der Waals surface area (Å²) in [5, 5.41) is 6.02. The number of nitrogens with zero attached hydrogens (tertiary/aromatic N) is 2. The van der Waals surface area contributed by atoms with Gasteiger partial charge < -0.3 is 10.2 Å². The first-order chi connectivity index (χ1) is 11.5. The molecule has 0 radical (unpaired) electrons. The van der Waals surface area contributed by atoms with Crippen LogP contribution in [0.25, 0.3) is 0 Å². The molecular weight excluding hydrogens is 346 g/mol. The van der Waals surface area contributed by atoms with E-state index in [0.29, 0.717) is 41.6 Å². The van der Waals surface area contributed by atoms with Gasteiger partial charge in [0, 0.05) is 35.0 Å². The second-order valence-electron chi connectivity index (χ2n) is 5.86. The number of amides is 2. The lowest BCUT2D eigenvalue weighted by molar-refractivity contribution is -0.121. The summed E-state index contributed by atoms with van der Waals surface area (Å²) in [6.07, 6.45) is 1.32. The maximum Gasteiger partial charge on any atom is 0.253 e. The van der Waals surface area contributed by atoms with Crippen LogP contribution in [0.2, 0.25) is 5.02 Å². The van der Waals surface area contributed by atoms with Gasteiger partial charge in [0.1, 0.15) is 0 Å². The second kappa shape index (κ2) is 7.32. The van der Waals surface area contributed by atoms with Gasteiger partial charge in [-0.15, -0.1) is 11.3 Å². The van der Waals surface area contributed by atoms with E-state index in [1.54, 1.807) is 29.2 Å². The van der Waals surface area contributed by atoms with Crippen molar-refractivity contribution in [2.45, 2.75) is 19.8 Å². The Bertz CT molecular complexity index is 737. The van der Waals surface area contributed by atoms with Crippen molar-refractivity contribution in [1.82, 2.24) is 9.88 Å². The van der Waals surface area contributed by atoms with E-state index in [1.807, 2.05) is 12.3 Å². The van der Waals surface area contributed by atoms with Crippen molar-refractivity contribution >= 4 is 39.9 Å². The number of rotatable bonds is 3. The van der Waals surface area contributed by atoms with Crippen LogP contribution in [0.15, 0.2) is 29.6 Å². The minimum atomic E-state index is -0.0801. The fourth-order valence-corrected chi connectivity index (χ4v) is 3.56. The van der Waals surface area contributed by atoms with Gasteiger partial charge >= 0.3 is 0 Å². The number of hydrogen-bond donors (Lipinski definition) is 1. The van der Waals surface area contributed by atoms with Gasteiger partial charge in [0.2, 0.25) is 5.91 Å². The summed E-state index contributed by atoms with van der Waals surface area (Å²) in [4.78, 5) is 30.8. The third-order valence-electron chi connectivity index (χ3n) is 4.09. The molecule has 3 rings (SSSR count). The maximum absolute atomic E-state index is 12.5. The maximum atomic E-state index is 12.5. The average molecular weight is 364 g/mol. The number of aryl methyl sites for hydroxylation is 1. The first kappa shape index (κ1) is 16.9. The summed E-state index contributed by atoms with van der Waals surface area (Å²) in [5.41, 5.74) is 1.53. The smallest absolute Gasteiger partial charge is 0.253 e. The van der Waals surface area contributed by atoms with Gasteiger partial charge in [-0.25, -0.2) is 4.98 Å². The van der Waals surface area contributed by atoms with Crippen LogP contribution in [-0.4, -0.2) is 34.8 Å². The van der Waals surface area contributed by atoms with Gasteiger partial charge in [-0.3, -0.25) is 9.59 Å². The highest BCUT2D eigenvalue weighted by molar-refractivity contribution is 7.13. The Hall–Kier alpha value is -1.92. The lowest BCUT2D eigenvalue weighted by Gasteiger charge is -2.31. The number of nitrogens with one attached hydrogen (secondary N) is 1. The van der Waals surface area contributed by atoms with Gasteiger partial charge in [-0.2, -0.15) is 0 Å². The molecule has 0 bridgehead atoms. The summed E-state index contributed by atoms with van der Waals surface area (Å²) >= 11 is 7.28. The third kappa shape index (κ3) is 3.94. The average Bonchev–Trinajstić information content (AvgIpc) is 3.00. The quantitative estimate of drug-likeness (QED) is 0.906. The van der Waals surface area contributed by atoms with Gasteiger partial charge in [0.25, 0.3) is 5.91 Å². The largest absolute Gasteiger partial charge is 0.339 e. The monoisotopic (exact) mass is 363 g/mol. The molecule has 2 amide bonds. The van der Waals surface area contributed by atoms with Crippen LogP contribution in [0.1, 0.15) is 28.9 Å². The Kier molecular flexibility index (Phi) is 5.16. The van der Waals surface area contributed by atoms with Crippen LogP contribution in [0.5, 0.6) is 0 Å². The Morgan fingerprint density at radius 2 is 1.92 bits per heavy atom. The standard InChI is InChI=1S/C17H18ClN3O2S/c1-11-10-24-17(19-11)20-15(22)12-6-8-21(9-7-12)16(23)13-2-4-14(18)5-3-13/h2-5,10,12H,6-9H2,1H3,(H,19,20,22). The predicted molar refractivity (Wildman–Crippen MR) is 95.6 cm³/mol. The minimum Gasteiger partial charge on any atom is -0.339 e. The van der Waals surface area contributed by atoms with Crippen molar-refractivity contribution in [1.29, 1.82) is 0 Å². The molecule has 0 atom stereocenters. The predicted octanol–water partition coefficient (Wildman–Crippen LogP) is 3.60. The van der Waals surface area contributed by atoms with Crippen LogP contribution >= 0.6 is 22.9 Å². The minimum absolute atomic E-state index is 0.0112. The van der Waals surface area contributed by atoms with Gasteiger partial charge in [-0.05, 0) is 44.0 Å². The molecule has 1 aromatic heterocycles. The summed E-state index contributed by atoms with van der Waals surface area (Å²) in [6.45, 7) is 3.06. The van der Waals surface area contributed by atoms with E-state index in [4.69, 9.17) is 11.6 Å². The van der Waals surface area contributed by atoms with Crippen LogP contribution in [0.4, 0.5) is 5.13 Å². The number of halogens is 1. The Balaban J connectivity index is 1.54. The number of likely N-dealkylation sites (tertiary alicyclic amines) is 1. The molecule has 0 aliphatic carbocycles. The second-order valence-corrected chi connectivity index (χ2v) is 7.15. The summed E-state index contributed by atoms with van der Waals surface area (Å²) in [7, 11) is 0. The van der Waals surface area contributed by atoms with Gasteiger partial charge in [0.05, 0.1) is 5.69 Å². The zero-order chi connectivity index (χ0) is 17.1. The van der Waals surface area contributed by atoms with E-state index in [-0.39, 0.29) is 17.7 Å². The molecule has 0 unspecified atom stereocenters. The molecule has 2 heterocycles. The zero-order valence-corrected chi connectivity index (χ0v) is 14.9. The number of anilines is 1. The van der Waals surface area contributed by atoms with E-state index in [1.165, 1.54) is 11.3 Å². The molecule has 1 saturated heterocycles. The molecule has 1 N–H and O–H groups in total. The summed E-state index contributed by atoms with van der Waals surface area (Å²) in [6, 6.07) is 6.89. The Morgan fingerprint density at radius 3 is 2.50 bits per heavy atom. The van der Waals surface area contributed by atoms with Gasteiger partial charge in [-0.1, -0.05) is 11.6 Å². The first-order valence-corrected chi connectivity index (χ1v) is 9.06. The van der Waals surface area contributed by atoms with Crippen molar-refractivity contribution in [2.24, 2.45) is 5.92 Å². The molecule has 24 heavy (non-hydrogen) atoms. The number of piperidine rings is 1. The van der Waals surface area contributed by atoms with E-state index in [0.717, 1.165) is 5.69 Å². The molecular formula is C17H18ClN3O2S. The normalized spacial score (nSPS) is 15.3. The van der Waals surface area contributed by atoms with Crippen LogP contribution in [-0.2, 0) is 4.79 Å². The van der Waals surface area contributed by atoms with E-state index in [9.17, 15) is 9.59 Å². The van der Waals surface area contributed by atoms with Crippen LogP contribution in [0.3, 0.4) is 0 Å². The molecule has 0 saturated carbocycles. The van der Waals surface area contributed by atoms with Crippen molar-refractivity contribution in [2.75, 3.05) is 18.4 Å². The fraction of sp³-hybridized carbons (Fsp3) is 0.353. The lowest BCUT2D eigenvalue weighted by atomic mass is 9.95. The summed E-state index contributed by atoms with van der Waals surface area (Å²) < 4.78 is 0. The molecule has 1 aromatic carbocycles. The number of carbonyl (C=O) groups is 2. The summed E-state index contributed by atoms with van der Waals surface area (Å²) in [5.74, 6) is -0.104. The highest BCUT2D eigenvalue weighted by Gasteiger charge is 2.28. The van der Waals surface area contributed by atoms with Crippen molar-refractivity contribution in [3.8, 4) is 0 Å². The highest BCUT2D eigenvalue weighted by Crippen LogP contribution is 2.22. The van der Waals surface area contributed by atoms with E-state index < -0.39 is 0 Å². The molecule has 1 fully saturated rings. The molecule has 1 aliphatic rings.